The molecule has 0 aliphatic rings. The first kappa shape index (κ1) is 12.1. The Bertz CT molecular complexity index is 302. The summed E-state index contributed by atoms with van der Waals surface area (Å²) in [6.07, 6.45) is 4.84. The Kier molecular flexibility index (Phi) is 4.19. The average molecular weight is 205 g/mol. The molecule has 0 spiro atoms. The molecule has 0 saturated heterocycles. The molecule has 0 bridgehead atoms. The number of phenols is 1. The highest BCUT2D eigenvalue weighted by molar-refractivity contribution is 5.36. The van der Waals surface area contributed by atoms with Crippen LogP contribution in [-0.2, 0) is 5.41 Å². The van der Waals surface area contributed by atoms with Crippen LogP contribution in [0.1, 0.15) is 52.0 Å². The normalized spacial score (nSPS) is 11.7. The van der Waals surface area contributed by atoms with Crippen LogP contribution < -0.4 is 0 Å². The maximum absolute atomic E-state index is 9.78. The van der Waals surface area contributed by atoms with Crippen molar-refractivity contribution in [1.82, 2.24) is 0 Å². The van der Waals surface area contributed by atoms with Gasteiger partial charge in [-0.1, -0.05) is 46.1 Å². The fourth-order valence-corrected chi connectivity index (χ4v) is 1.92. The summed E-state index contributed by atoms with van der Waals surface area (Å²) in [5.74, 6) is 0.398. The van der Waals surface area contributed by atoms with Crippen LogP contribution in [0, 0.1) is 6.07 Å². The van der Waals surface area contributed by atoms with Crippen molar-refractivity contribution in [3.63, 3.8) is 0 Å². The van der Waals surface area contributed by atoms with Crippen molar-refractivity contribution in [1.29, 1.82) is 0 Å². The van der Waals surface area contributed by atoms with Crippen LogP contribution in [0.4, 0.5) is 0 Å². The van der Waals surface area contributed by atoms with E-state index in [1.165, 1.54) is 19.3 Å². The highest BCUT2D eigenvalue weighted by Crippen LogP contribution is 2.34. The van der Waals surface area contributed by atoms with E-state index < -0.39 is 0 Å². The molecule has 0 aliphatic carbocycles. The SMILES string of the molecule is CCCCCC(C)(C)c1c[c]ccc1O. The van der Waals surface area contributed by atoms with Gasteiger partial charge in [-0.05, 0) is 30.0 Å². The second-order valence-corrected chi connectivity index (χ2v) is 4.78. The number of hydrogen-bond donors (Lipinski definition) is 1. The van der Waals surface area contributed by atoms with Gasteiger partial charge in [0.1, 0.15) is 5.75 Å². The molecule has 83 valence electrons. The fraction of sp³-hybridized carbons (Fsp3) is 0.571. The lowest BCUT2D eigenvalue weighted by molar-refractivity contribution is 0.408. The van der Waals surface area contributed by atoms with Crippen LogP contribution >= 0.6 is 0 Å². The summed E-state index contributed by atoms with van der Waals surface area (Å²) in [6.45, 7) is 6.58. The zero-order chi connectivity index (χ0) is 11.3. The van der Waals surface area contributed by atoms with E-state index in [1.807, 2.05) is 6.07 Å². The largest absolute Gasteiger partial charge is 0.508 e. The van der Waals surface area contributed by atoms with Crippen LogP contribution in [-0.4, -0.2) is 5.11 Å². The fourth-order valence-electron chi connectivity index (χ4n) is 1.92. The lowest BCUT2D eigenvalue weighted by atomic mass is 9.79. The highest BCUT2D eigenvalue weighted by atomic mass is 16.3. The second kappa shape index (κ2) is 5.20. The summed E-state index contributed by atoms with van der Waals surface area (Å²) >= 11 is 0. The van der Waals surface area contributed by atoms with E-state index in [9.17, 15) is 5.11 Å². The van der Waals surface area contributed by atoms with Crippen molar-refractivity contribution in [2.24, 2.45) is 0 Å². The van der Waals surface area contributed by atoms with E-state index in [2.05, 4.69) is 26.8 Å². The molecule has 15 heavy (non-hydrogen) atoms. The van der Waals surface area contributed by atoms with Crippen LogP contribution in [0.25, 0.3) is 0 Å². The van der Waals surface area contributed by atoms with Gasteiger partial charge in [-0.3, -0.25) is 0 Å². The molecular formula is C14H21O. The molecule has 1 N–H and O–H groups in total. The Morgan fingerprint density at radius 3 is 2.67 bits per heavy atom. The molecule has 0 saturated carbocycles. The third kappa shape index (κ3) is 3.26. The van der Waals surface area contributed by atoms with Crippen LogP contribution in [0.3, 0.4) is 0 Å². The van der Waals surface area contributed by atoms with Gasteiger partial charge in [0.05, 0.1) is 0 Å². The minimum Gasteiger partial charge on any atom is -0.508 e. The van der Waals surface area contributed by atoms with E-state index in [0.717, 1.165) is 12.0 Å². The van der Waals surface area contributed by atoms with Gasteiger partial charge in [0.25, 0.3) is 0 Å². The maximum Gasteiger partial charge on any atom is 0.119 e. The van der Waals surface area contributed by atoms with E-state index in [1.54, 1.807) is 12.1 Å². The van der Waals surface area contributed by atoms with Gasteiger partial charge in [0.2, 0.25) is 0 Å². The third-order valence-electron chi connectivity index (χ3n) is 2.98. The minimum atomic E-state index is 0.0526. The summed E-state index contributed by atoms with van der Waals surface area (Å²) in [6, 6.07) is 8.41. The van der Waals surface area contributed by atoms with Crippen molar-refractivity contribution < 1.29 is 5.11 Å². The molecule has 1 radical (unpaired) electrons. The van der Waals surface area contributed by atoms with Gasteiger partial charge >= 0.3 is 0 Å². The van der Waals surface area contributed by atoms with Crippen molar-refractivity contribution >= 4 is 0 Å². The van der Waals surface area contributed by atoms with Crippen LogP contribution in [0.15, 0.2) is 18.2 Å². The quantitative estimate of drug-likeness (QED) is 0.719. The number of unbranched alkanes of at least 4 members (excludes halogenated alkanes) is 2. The van der Waals surface area contributed by atoms with Crippen molar-refractivity contribution in [3.05, 3.63) is 29.8 Å². The number of aromatic hydroxyl groups is 1. The number of phenolic OH excluding ortho intramolecular Hbond substituents is 1. The molecule has 1 aromatic carbocycles. The first-order valence-corrected chi connectivity index (χ1v) is 5.77. The molecule has 1 nitrogen and oxygen atoms in total. The molecule has 0 unspecified atom stereocenters. The number of rotatable bonds is 5. The number of hydrogen-bond acceptors (Lipinski definition) is 1. The molecule has 1 aromatic rings. The Labute approximate surface area is 93.1 Å². The third-order valence-corrected chi connectivity index (χ3v) is 2.98. The predicted molar refractivity (Wildman–Crippen MR) is 64.1 cm³/mol. The van der Waals surface area contributed by atoms with Crippen molar-refractivity contribution in [3.8, 4) is 5.75 Å². The van der Waals surface area contributed by atoms with Gasteiger partial charge in [-0.25, -0.2) is 0 Å². The Balaban J connectivity index is 2.72. The summed E-state index contributed by atoms with van der Waals surface area (Å²) in [4.78, 5) is 0. The van der Waals surface area contributed by atoms with Gasteiger partial charge in [-0.15, -0.1) is 0 Å². The number of benzene rings is 1. The second-order valence-electron chi connectivity index (χ2n) is 4.78. The lowest BCUT2D eigenvalue weighted by Crippen LogP contribution is -2.17. The van der Waals surface area contributed by atoms with Crippen LogP contribution in [0.5, 0.6) is 5.75 Å². The molecule has 1 rings (SSSR count). The smallest absolute Gasteiger partial charge is 0.119 e. The first-order chi connectivity index (χ1) is 7.08. The Morgan fingerprint density at radius 1 is 1.33 bits per heavy atom. The monoisotopic (exact) mass is 205 g/mol. The molecular weight excluding hydrogens is 184 g/mol. The predicted octanol–water partition coefficient (Wildman–Crippen LogP) is 4.05. The zero-order valence-electron chi connectivity index (χ0n) is 10.0. The van der Waals surface area contributed by atoms with Gasteiger partial charge in [0.15, 0.2) is 0 Å². The van der Waals surface area contributed by atoms with E-state index >= 15 is 0 Å². The zero-order valence-corrected chi connectivity index (χ0v) is 10.0. The molecule has 0 aliphatic heterocycles. The van der Waals surface area contributed by atoms with Crippen molar-refractivity contribution in [2.75, 3.05) is 0 Å². The molecule has 0 fully saturated rings. The average Bonchev–Trinajstić information content (AvgIpc) is 2.18. The van der Waals surface area contributed by atoms with E-state index in [4.69, 9.17) is 0 Å². The van der Waals surface area contributed by atoms with Crippen molar-refractivity contribution in [2.45, 2.75) is 51.9 Å². The Morgan fingerprint density at radius 2 is 2.07 bits per heavy atom. The lowest BCUT2D eigenvalue weighted by Gasteiger charge is -2.25. The van der Waals surface area contributed by atoms with Gasteiger partial charge < -0.3 is 5.11 Å². The molecule has 0 amide bonds. The molecule has 1 heteroatoms. The van der Waals surface area contributed by atoms with E-state index in [0.29, 0.717) is 5.75 Å². The highest BCUT2D eigenvalue weighted by Gasteiger charge is 2.22. The topological polar surface area (TPSA) is 20.2 Å². The van der Waals surface area contributed by atoms with Gasteiger partial charge in [-0.2, -0.15) is 0 Å². The standard InChI is InChI=1S/C14H21O/c1-4-5-8-11-14(2,3)12-9-6-7-10-13(12)15/h7,9-10,15H,4-5,8,11H2,1-3H3. The summed E-state index contributed by atoms with van der Waals surface area (Å²) < 4.78 is 0. The van der Waals surface area contributed by atoms with Crippen LogP contribution in [0.2, 0.25) is 0 Å². The summed E-state index contributed by atoms with van der Waals surface area (Å²) in [5, 5.41) is 9.78. The first-order valence-electron chi connectivity index (χ1n) is 5.77. The molecule has 0 heterocycles. The Hall–Kier alpha value is -0.980. The summed E-state index contributed by atoms with van der Waals surface area (Å²) in [7, 11) is 0. The molecule has 0 aromatic heterocycles. The summed E-state index contributed by atoms with van der Waals surface area (Å²) in [5.41, 5.74) is 1.07. The maximum atomic E-state index is 9.78. The molecule has 0 atom stereocenters. The van der Waals surface area contributed by atoms with Gasteiger partial charge in [0, 0.05) is 5.56 Å². The minimum absolute atomic E-state index is 0.0526. The van der Waals surface area contributed by atoms with E-state index in [-0.39, 0.29) is 5.41 Å².